The molecule has 0 unspecified atom stereocenters. The summed E-state index contributed by atoms with van der Waals surface area (Å²) >= 11 is 5.64. The molecule has 0 amide bonds. The van der Waals surface area contributed by atoms with Gasteiger partial charge in [0.25, 0.3) is 0 Å². The van der Waals surface area contributed by atoms with Crippen LogP contribution in [0.3, 0.4) is 0 Å². The van der Waals surface area contributed by atoms with Crippen LogP contribution in [0, 0.1) is 11.7 Å². The average Bonchev–Trinajstić information content (AvgIpc) is 2.37. The Morgan fingerprint density at radius 1 is 1.38 bits per heavy atom. The normalized spacial score (nSPS) is 22.2. The number of carboxylic acid groups (broad SMARTS) is 1. The summed E-state index contributed by atoms with van der Waals surface area (Å²) in [5, 5.41) is 8.94. The lowest BCUT2D eigenvalue weighted by Gasteiger charge is -2.22. The summed E-state index contributed by atoms with van der Waals surface area (Å²) in [6, 6.07) is 2.34. The lowest BCUT2D eigenvalue weighted by molar-refractivity contribution is -0.142. The number of aliphatic carboxylic acids is 1. The van der Waals surface area contributed by atoms with Crippen molar-refractivity contribution >= 4 is 27.6 Å². The largest absolute Gasteiger partial charge is 0.481 e. The predicted molar refractivity (Wildman–Crippen MR) is 75.0 cm³/mol. The average molecular weight is 334 g/mol. The van der Waals surface area contributed by atoms with Gasteiger partial charge >= 0.3 is 5.97 Å². The zero-order valence-corrected chi connectivity index (χ0v) is 12.4. The number of nitrogens with one attached hydrogen (secondary N) is 1. The zero-order chi connectivity index (χ0) is 15.6. The van der Waals surface area contributed by atoms with Crippen LogP contribution in [-0.2, 0) is 14.8 Å². The molecule has 2 rings (SSSR count). The van der Waals surface area contributed by atoms with Crippen LogP contribution in [0.25, 0.3) is 0 Å². The molecule has 21 heavy (non-hydrogen) atoms. The smallest absolute Gasteiger partial charge is 0.306 e. The Bertz CT molecular complexity index is 669. The van der Waals surface area contributed by atoms with E-state index in [0.29, 0.717) is 6.42 Å². The second-order valence-corrected chi connectivity index (χ2v) is 6.92. The van der Waals surface area contributed by atoms with Crippen LogP contribution < -0.4 is 4.72 Å². The van der Waals surface area contributed by atoms with Gasteiger partial charge in [-0.25, -0.2) is 17.5 Å². The van der Waals surface area contributed by atoms with E-state index in [1.54, 1.807) is 12.2 Å². The SMILES string of the molecule is O=C(O)[C@@H]1CC=C[C@@H](NS(=O)(=O)c2cc(F)cc(Cl)c2)C1. The van der Waals surface area contributed by atoms with E-state index >= 15 is 0 Å². The minimum Gasteiger partial charge on any atom is -0.481 e. The molecule has 0 heterocycles. The molecule has 0 radical (unpaired) electrons. The van der Waals surface area contributed by atoms with Gasteiger partial charge in [0, 0.05) is 11.1 Å². The van der Waals surface area contributed by atoms with Crippen LogP contribution in [-0.4, -0.2) is 25.5 Å². The van der Waals surface area contributed by atoms with Gasteiger partial charge in [-0.05, 0) is 31.0 Å². The van der Waals surface area contributed by atoms with E-state index in [2.05, 4.69) is 4.72 Å². The first kappa shape index (κ1) is 15.9. The van der Waals surface area contributed by atoms with Crippen LogP contribution in [0.4, 0.5) is 4.39 Å². The van der Waals surface area contributed by atoms with E-state index in [4.69, 9.17) is 16.7 Å². The Labute approximate surface area is 126 Å². The van der Waals surface area contributed by atoms with Crippen molar-refractivity contribution in [2.75, 3.05) is 0 Å². The monoisotopic (exact) mass is 333 g/mol. The van der Waals surface area contributed by atoms with Gasteiger partial charge < -0.3 is 5.11 Å². The Balaban J connectivity index is 2.19. The quantitative estimate of drug-likeness (QED) is 0.827. The number of allylic oxidation sites excluding steroid dienone is 1. The van der Waals surface area contributed by atoms with Crippen molar-refractivity contribution in [3.8, 4) is 0 Å². The summed E-state index contributed by atoms with van der Waals surface area (Å²) in [5.74, 6) is -2.37. The van der Waals surface area contributed by atoms with Crippen molar-refractivity contribution in [2.45, 2.75) is 23.8 Å². The Morgan fingerprint density at radius 2 is 2.10 bits per heavy atom. The molecule has 0 aliphatic heterocycles. The van der Waals surface area contributed by atoms with Crippen molar-refractivity contribution in [1.29, 1.82) is 0 Å². The summed E-state index contributed by atoms with van der Waals surface area (Å²) in [6.45, 7) is 0. The van der Waals surface area contributed by atoms with E-state index in [0.717, 1.165) is 18.2 Å². The van der Waals surface area contributed by atoms with Gasteiger partial charge in [0.05, 0.1) is 10.8 Å². The highest BCUT2D eigenvalue weighted by atomic mass is 35.5. The molecule has 1 aliphatic rings. The highest BCUT2D eigenvalue weighted by Crippen LogP contribution is 2.22. The van der Waals surface area contributed by atoms with Crippen molar-refractivity contribution in [1.82, 2.24) is 4.72 Å². The number of rotatable bonds is 4. The van der Waals surface area contributed by atoms with Crippen molar-refractivity contribution in [2.24, 2.45) is 5.92 Å². The highest BCUT2D eigenvalue weighted by molar-refractivity contribution is 7.89. The number of carbonyl (C=O) groups is 1. The summed E-state index contributed by atoms with van der Waals surface area (Å²) in [5.41, 5.74) is 0. The molecule has 0 aromatic heterocycles. The fourth-order valence-corrected chi connectivity index (χ4v) is 3.67. The zero-order valence-electron chi connectivity index (χ0n) is 10.8. The molecular weight excluding hydrogens is 321 g/mol. The molecule has 0 saturated heterocycles. The molecule has 0 spiro atoms. The Kier molecular flexibility index (Phi) is 4.65. The first-order valence-electron chi connectivity index (χ1n) is 6.16. The lowest BCUT2D eigenvalue weighted by atomic mass is 9.92. The molecule has 8 heteroatoms. The van der Waals surface area contributed by atoms with Crippen LogP contribution in [0.5, 0.6) is 0 Å². The van der Waals surface area contributed by atoms with E-state index in [9.17, 15) is 17.6 Å². The molecule has 2 N–H and O–H groups in total. The number of hydrogen-bond donors (Lipinski definition) is 2. The number of sulfonamides is 1. The molecule has 1 aliphatic carbocycles. The molecule has 0 fully saturated rings. The standard InChI is InChI=1S/C13H13ClFNO4S/c14-9-5-10(15)7-12(6-9)21(19,20)16-11-3-1-2-8(4-11)13(17)18/h1,3,5-8,11,16H,2,4H2,(H,17,18)/t8-,11-/m1/s1. The van der Waals surface area contributed by atoms with E-state index in [-0.39, 0.29) is 16.3 Å². The molecule has 2 atom stereocenters. The fourth-order valence-electron chi connectivity index (χ4n) is 2.13. The number of hydrogen-bond acceptors (Lipinski definition) is 3. The minimum absolute atomic E-state index is 0.0297. The van der Waals surface area contributed by atoms with Crippen LogP contribution in [0.15, 0.2) is 35.2 Å². The molecule has 5 nitrogen and oxygen atoms in total. The lowest BCUT2D eigenvalue weighted by Crippen LogP contribution is -2.37. The maximum absolute atomic E-state index is 13.2. The van der Waals surface area contributed by atoms with E-state index < -0.39 is 33.8 Å². The molecular formula is C13H13ClFNO4S. The van der Waals surface area contributed by atoms with Crippen molar-refractivity contribution in [3.63, 3.8) is 0 Å². The summed E-state index contributed by atoms with van der Waals surface area (Å²) in [6.07, 6.45) is 3.72. The molecule has 0 saturated carbocycles. The van der Waals surface area contributed by atoms with Gasteiger partial charge in [0.1, 0.15) is 5.82 Å². The van der Waals surface area contributed by atoms with Crippen LogP contribution in [0.2, 0.25) is 5.02 Å². The minimum atomic E-state index is -3.97. The third-order valence-electron chi connectivity index (χ3n) is 3.13. The van der Waals surface area contributed by atoms with Crippen LogP contribution >= 0.6 is 11.6 Å². The maximum Gasteiger partial charge on any atom is 0.306 e. The van der Waals surface area contributed by atoms with Crippen LogP contribution in [0.1, 0.15) is 12.8 Å². The van der Waals surface area contributed by atoms with Gasteiger partial charge in [-0.2, -0.15) is 0 Å². The maximum atomic E-state index is 13.2. The van der Waals surface area contributed by atoms with Gasteiger partial charge in [0.2, 0.25) is 10.0 Å². The topological polar surface area (TPSA) is 83.5 Å². The van der Waals surface area contributed by atoms with E-state index in [1.807, 2.05) is 0 Å². The highest BCUT2D eigenvalue weighted by Gasteiger charge is 2.27. The third kappa shape index (κ3) is 4.03. The second-order valence-electron chi connectivity index (χ2n) is 4.77. The first-order valence-corrected chi connectivity index (χ1v) is 8.02. The summed E-state index contributed by atoms with van der Waals surface area (Å²) < 4.78 is 39.9. The number of carboxylic acids is 1. The summed E-state index contributed by atoms with van der Waals surface area (Å²) in [4.78, 5) is 10.7. The fraction of sp³-hybridized carbons (Fsp3) is 0.308. The Morgan fingerprint density at radius 3 is 2.71 bits per heavy atom. The Hall–Kier alpha value is -1.44. The predicted octanol–water partition coefficient (Wildman–Crippen LogP) is 2.18. The van der Waals surface area contributed by atoms with E-state index in [1.165, 1.54) is 0 Å². The number of halogens is 2. The molecule has 1 aromatic rings. The van der Waals surface area contributed by atoms with Gasteiger partial charge in [-0.1, -0.05) is 23.8 Å². The third-order valence-corrected chi connectivity index (χ3v) is 4.82. The van der Waals surface area contributed by atoms with Crippen molar-refractivity contribution < 1.29 is 22.7 Å². The van der Waals surface area contributed by atoms with Gasteiger partial charge in [-0.3, -0.25) is 4.79 Å². The first-order chi connectivity index (χ1) is 9.78. The second kappa shape index (κ2) is 6.13. The number of benzene rings is 1. The molecule has 0 bridgehead atoms. The summed E-state index contributed by atoms with van der Waals surface area (Å²) in [7, 11) is -3.97. The van der Waals surface area contributed by atoms with Crippen molar-refractivity contribution in [3.05, 3.63) is 41.2 Å². The van der Waals surface area contributed by atoms with Gasteiger partial charge in [-0.15, -0.1) is 0 Å². The van der Waals surface area contributed by atoms with Gasteiger partial charge in [0.15, 0.2) is 0 Å². The molecule has 114 valence electrons. The molecule has 1 aromatic carbocycles.